The number of halogens is 3. The Bertz CT molecular complexity index is 448. The molecule has 3 nitrogen and oxygen atoms in total. The van der Waals surface area contributed by atoms with Gasteiger partial charge in [-0.3, -0.25) is 0 Å². The monoisotopic (exact) mass is 274 g/mol. The van der Waals surface area contributed by atoms with Crippen molar-refractivity contribution in [2.24, 2.45) is 0 Å². The number of ether oxygens (including phenoxy) is 1. The lowest BCUT2D eigenvalue weighted by molar-refractivity contribution is -0.137. The minimum atomic E-state index is -4.38. The summed E-state index contributed by atoms with van der Waals surface area (Å²) in [5, 5.41) is 0. The summed E-state index contributed by atoms with van der Waals surface area (Å²) in [6.07, 6.45) is -2.48. The van der Waals surface area contributed by atoms with Crippen molar-refractivity contribution < 1.29 is 17.9 Å². The van der Waals surface area contributed by atoms with E-state index < -0.39 is 11.7 Å². The van der Waals surface area contributed by atoms with Crippen LogP contribution in [0.2, 0.25) is 0 Å². The molecule has 2 rings (SSSR count). The maximum atomic E-state index is 12.5. The van der Waals surface area contributed by atoms with Crippen LogP contribution in [-0.4, -0.2) is 31.1 Å². The predicted molar refractivity (Wildman–Crippen MR) is 67.0 cm³/mol. The summed E-state index contributed by atoms with van der Waals surface area (Å²) in [4.78, 5) is 2.13. The number of hydrogen-bond acceptors (Lipinski definition) is 3. The second-order valence-corrected chi connectivity index (χ2v) is 4.89. The SMILES string of the molecule is CN1CCCC(Oc2ccc(C(F)(F)F)cc2N)C1. The van der Waals surface area contributed by atoms with E-state index in [0.29, 0.717) is 5.75 Å². The summed E-state index contributed by atoms with van der Waals surface area (Å²) in [6.45, 7) is 1.78. The molecule has 0 amide bonds. The highest BCUT2D eigenvalue weighted by atomic mass is 19.4. The first-order valence-electron chi connectivity index (χ1n) is 6.18. The number of likely N-dealkylation sites (N-methyl/N-ethyl adjacent to an activating group) is 1. The van der Waals surface area contributed by atoms with E-state index in [-0.39, 0.29) is 11.8 Å². The molecule has 1 saturated heterocycles. The predicted octanol–water partition coefficient (Wildman–Crippen LogP) is 2.76. The smallest absolute Gasteiger partial charge is 0.416 e. The van der Waals surface area contributed by atoms with Crippen molar-refractivity contribution in [2.45, 2.75) is 25.1 Å². The first-order valence-corrected chi connectivity index (χ1v) is 6.18. The molecular weight excluding hydrogens is 257 g/mol. The van der Waals surface area contributed by atoms with Crippen LogP contribution in [0.15, 0.2) is 18.2 Å². The zero-order valence-corrected chi connectivity index (χ0v) is 10.7. The van der Waals surface area contributed by atoms with Crippen molar-refractivity contribution in [2.75, 3.05) is 25.9 Å². The summed E-state index contributed by atoms with van der Waals surface area (Å²) in [5.41, 5.74) is 4.91. The van der Waals surface area contributed by atoms with Gasteiger partial charge >= 0.3 is 6.18 Å². The summed E-state index contributed by atoms with van der Waals surface area (Å²) in [5.74, 6) is 0.327. The molecule has 1 atom stereocenters. The van der Waals surface area contributed by atoms with E-state index in [1.807, 2.05) is 7.05 Å². The molecule has 1 heterocycles. The van der Waals surface area contributed by atoms with E-state index in [1.165, 1.54) is 6.07 Å². The van der Waals surface area contributed by atoms with Crippen molar-refractivity contribution in [3.05, 3.63) is 23.8 Å². The van der Waals surface area contributed by atoms with E-state index in [0.717, 1.165) is 38.1 Å². The highest BCUT2D eigenvalue weighted by molar-refractivity contribution is 5.54. The molecule has 1 fully saturated rings. The molecule has 0 aromatic heterocycles. The molecule has 1 aromatic rings. The van der Waals surface area contributed by atoms with Gasteiger partial charge in [-0.2, -0.15) is 13.2 Å². The maximum absolute atomic E-state index is 12.5. The Labute approximate surface area is 110 Å². The number of anilines is 1. The van der Waals surface area contributed by atoms with E-state index >= 15 is 0 Å². The molecule has 106 valence electrons. The lowest BCUT2D eigenvalue weighted by Gasteiger charge is -2.30. The fourth-order valence-electron chi connectivity index (χ4n) is 2.23. The standard InChI is InChI=1S/C13H17F3N2O/c1-18-6-2-3-10(8-18)19-12-5-4-9(7-11(12)17)13(14,15)16/h4-5,7,10H,2-3,6,8,17H2,1H3. The molecular formula is C13H17F3N2O. The van der Waals surface area contributed by atoms with E-state index in [9.17, 15) is 13.2 Å². The first kappa shape index (κ1) is 14.0. The molecule has 19 heavy (non-hydrogen) atoms. The average Bonchev–Trinajstić information content (AvgIpc) is 2.30. The van der Waals surface area contributed by atoms with Crippen LogP contribution in [0.3, 0.4) is 0 Å². The molecule has 0 saturated carbocycles. The number of hydrogen-bond donors (Lipinski definition) is 1. The molecule has 0 bridgehead atoms. The molecule has 1 aliphatic rings. The normalized spacial score (nSPS) is 21.4. The van der Waals surface area contributed by atoms with Gasteiger partial charge in [0.05, 0.1) is 11.3 Å². The number of likely N-dealkylation sites (tertiary alicyclic amines) is 1. The third-order valence-corrected chi connectivity index (χ3v) is 3.21. The highest BCUT2D eigenvalue weighted by Crippen LogP contribution is 2.34. The van der Waals surface area contributed by atoms with E-state index in [1.54, 1.807) is 0 Å². The molecule has 2 N–H and O–H groups in total. The minimum Gasteiger partial charge on any atom is -0.487 e. The minimum absolute atomic E-state index is 0.0159. The number of benzene rings is 1. The number of alkyl halides is 3. The van der Waals surface area contributed by atoms with Gasteiger partial charge in [-0.1, -0.05) is 0 Å². The number of nitrogens with zero attached hydrogens (tertiary/aromatic N) is 1. The summed E-state index contributed by atoms with van der Waals surface area (Å²) < 4.78 is 43.2. The van der Waals surface area contributed by atoms with Gasteiger partial charge in [-0.15, -0.1) is 0 Å². The van der Waals surface area contributed by atoms with Crippen LogP contribution in [0.1, 0.15) is 18.4 Å². The Kier molecular flexibility index (Phi) is 3.89. The Morgan fingerprint density at radius 2 is 2.11 bits per heavy atom. The second kappa shape index (κ2) is 5.28. The lowest BCUT2D eigenvalue weighted by Crippen LogP contribution is -2.38. The summed E-state index contributed by atoms with van der Waals surface area (Å²) in [7, 11) is 1.99. The summed E-state index contributed by atoms with van der Waals surface area (Å²) >= 11 is 0. The van der Waals surface area contributed by atoms with Gasteiger partial charge in [0.2, 0.25) is 0 Å². The van der Waals surface area contributed by atoms with Crippen molar-refractivity contribution in [3.63, 3.8) is 0 Å². The van der Waals surface area contributed by atoms with Crippen LogP contribution in [0.4, 0.5) is 18.9 Å². The quantitative estimate of drug-likeness (QED) is 0.843. The van der Waals surface area contributed by atoms with Crippen LogP contribution < -0.4 is 10.5 Å². The fraction of sp³-hybridized carbons (Fsp3) is 0.538. The lowest BCUT2D eigenvalue weighted by atomic mass is 10.1. The molecule has 6 heteroatoms. The van der Waals surface area contributed by atoms with Crippen LogP contribution in [-0.2, 0) is 6.18 Å². The van der Waals surface area contributed by atoms with Gasteiger partial charge in [0.15, 0.2) is 0 Å². The number of nitrogens with two attached hydrogens (primary N) is 1. The van der Waals surface area contributed by atoms with Crippen molar-refractivity contribution >= 4 is 5.69 Å². The zero-order chi connectivity index (χ0) is 14.0. The van der Waals surface area contributed by atoms with Crippen molar-refractivity contribution in [1.29, 1.82) is 0 Å². The third kappa shape index (κ3) is 3.53. The average molecular weight is 274 g/mol. The fourth-order valence-corrected chi connectivity index (χ4v) is 2.23. The van der Waals surface area contributed by atoms with Gasteiger partial charge < -0.3 is 15.4 Å². The molecule has 0 aliphatic carbocycles. The Morgan fingerprint density at radius 1 is 1.37 bits per heavy atom. The maximum Gasteiger partial charge on any atom is 0.416 e. The van der Waals surface area contributed by atoms with E-state index in [4.69, 9.17) is 10.5 Å². The molecule has 0 radical (unpaired) electrons. The highest BCUT2D eigenvalue weighted by Gasteiger charge is 2.31. The topological polar surface area (TPSA) is 38.5 Å². The van der Waals surface area contributed by atoms with Gasteiger partial charge in [-0.25, -0.2) is 0 Å². The third-order valence-electron chi connectivity index (χ3n) is 3.21. The molecule has 0 spiro atoms. The molecule has 1 unspecified atom stereocenters. The first-order chi connectivity index (χ1) is 8.86. The van der Waals surface area contributed by atoms with Crippen molar-refractivity contribution in [1.82, 2.24) is 4.90 Å². The number of rotatable bonds is 2. The largest absolute Gasteiger partial charge is 0.487 e. The van der Waals surface area contributed by atoms with E-state index in [2.05, 4.69) is 4.90 Å². The Balaban J connectivity index is 2.09. The second-order valence-electron chi connectivity index (χ2n) is 4.89. The number of nitrogen functional groups attached to an aromatic ring is 1. The summed E-state index contributed by atoms with van der Waals surface area (Å²) in [6, 6.07) is 3.22. The van der Waals surface area contributed by atoms with Crippen molar-refractivity contribution in [3.8, 4) is 5.75 Å². The zero-order valence-electron chi connectivity index (χ0n) is 10.7. The van der Waals surface area contributed by atoms with Crippen LogP contribution >= 0.6 is 0 Å². The van der Waals surface area contributed by atoms with Crippen LogP contribution in [0.25, 0.3) is 0 Å². The molecule has 1 aromatic carbocycles. The molecule has 1 aliphatic heterocycles. The van der Waals surface area contributed by atoms with Crippen LogP contribution in [0.5, 0.6) is 5.75 Å². The van der Waals surface area contributed by atoms with Gasteiger partial charge in [0.1, 0.15) is 11.9 Å². The Morgan fingerprint density at radius 3 is 2.68 bits per heavy atom. The van der Waals surface area contributed by atoms with Crippen LogP contribution in [0, 0.1) is 0 Å². The van der Waals surface area contributed by atoms with Gasteiger partial charge in [0.25, 0.3) is 0 Å². The van der Waals surface area contributed by atoms with Gasteiger partial charge in [0, 0.05) is 6.54 Å². The number of piperidine rings is 1. The Hall–Kier alpha value is -1.43. The van der Waals surface area contributed by atoms with Gasteiger partial charge in [-0.05, 0) is 44.6 Å².